The number of carbonyl (C=O) groups excluding carboxylic acids is 1. The Morgan fingerprint density at radius 3 is 2.53 bits per heavy atom. The summed E-state index contributed by atoms with van der Waals surface area (Å²) in [6.45, 7) is 2.02. The Balaban J connectivity index is 1.84. The number of para-hydroxylation sites is 1. The van der Waals surface area contributed by atoms with Crippen LogP contribution >= 0.6 is 22.6 Å². The Morgan fingerprint density at radius 2 is 1.84 bits per heavy atom. The van der Waals surface area contributed by atoms with E-state index >= 15 is 0 Å². The molecule has 0 aromatic heterocycles. The molecule has 3 aromatic carbocycles. The number of hydrogen-bond donors (Lipinski definition) is 1. The first kappa shape index (κ1) is 23.3. The second kappa shape index (κ2) is 11.3. The van der Waals surface area contributed by atoms with Crippen molar-refractivity contribution in [1.29, 1.82) is 5.26 Å². The molecule has 0 spiro atoms. The normalized spacial score (nSPS) is 10.9. The summed E-state index contributed by atoms with van der Waals surface area (Å²) < 4.78 is 26.3. The van der Waals surface area contributed by atoms with Gasteiger partial charge < -0.3 is 14.8 Å². The second-order valence-corrected chi connectivity index (χ2v) is 7.78. The van der Waals surface area contributed by atoms with Gasteiger partial charge in [-0.3, -0.25) is 4.79 Å². The maximum atomic E-state index is 14.1. The molecule has 162 valence electrons. The summed E-state index contributed by atoms with van der Waals surface area (Å²) in [5.74, 6) is 0.0929. The highest BCUT2D eigenvalue weighted by atomic mass is 127. The molecule has 32 heavy (non-hydrogen) atoms. The van der Waals surface area contributed by atoms with Crippen molar-refractivity contribution in [2.24, 2.45) is 0 Å². The van der Waals surface area contributed by atoms with E-state index in [2.05, 4.69) is 34.0 Å². The van der Waals surface area contributed by atoms with E-state index in [9.17, 15) is 14.4 Å². The van der Waals surface area contributed by atoms with E-state index in [1.165, 1.54) is 6.07 Å². The molecule has 0 atom stereocenters. The molecular weight excluding hydrogens is 522 g/mol. The van der Waals surface area contributed by atoms with Crippen LogP contribution in [0.4, 0.5) is 10.1 Å². The number of anilines is 1. The molecule has 3 aromatic rings. The lowest BCUT2D eigenvalue weighted by molar-refractivity contribution is -0.118. The summed E-state index contributed by atoms with van der Waals surface area (Å²) in [4.78, 5) is 12.2. The Bertz CT molecular complexity index is 1170. The number of hydrogen-bond acceptors (Lipinski definition) is 4. The highest BCUT2D eigenvalue weighted by molar-refractivity contribution is 14.1. The maximum absolute atomic E-state index is 14.1. The Labute approximate surface area is 199 Å². The fourth-order valence-electron chi connectivity index (χ4n) is 2.95. The van der Waals surface area contributed by atoms with Crippen LogP contribution < -0.4 is 14.8 Å². The molecule has 0 aliphatic heterocycles. The van der Waals surface area contributed by atoms with Crippen molar-refractivity contribution in [2.45, 2.75) is 6.92 Å². The number of benzene rings is 3. The number of carbonyl (C=O) groups is 1. The van der Waals surface area contributed by atoms with Gasteiger partial charge in [0.05, 0.1) is 21.8 Å². The van der Waals surface area contributed by atoms with E-state index in [1.807, 2.05) is 25.1 Å². The number of nitrogens with zero attached hydrogens (tertiary/aromatic N) is 1. The molecule has 0 bridgehead atoms. The molecule has 0 heterocycles. The molecule has 0 aliphatic carbocycles. The first-order chi connectivity index (χ1) is 15.5. The zero-order valence-electron chi connectivity index (χ0n) is 17.3. The van der Waals surface area contributed by atoms with Crippen molar-refractivity contribution >= 4 is 45.8 Å². The predicted molar refractivity (Wildman–Crippen MR) is 131 cm³/mol. The second-order valence-electron chi connectivity index (χ2n) is 6.62. The Hall–Kier alpha value is -3.38. The molecule has 7 heteroatoms. The monoisotopic (exact) mass is 542 g/mol. The molecule has 1 amide bonds. The van der Waals surface area contributed by atoms with Crippen LogP contribution in [-0.2, 0) is 4.79 Å². The minimum atomic E-state index is -0.468. The molecule has 0 radical (unpaired) electrons. The van der Waals surface area contributed by atoms with Crippen molar-refractivity contribution < 1.29 is 18.7 Å². The van der Waals surface area contributed by atoms with E-state index < -0.39 is 5.82 Å². The summed E-state index contributed by atoms with van der Waals surface area (Å²) in [5, 5.41) is 12.3. The van der Waals surface area contributed by atoms with Crippen LogP contribution in [-0.4, -0.2) is 19.1 Å². The van der Waals surface area contributed by atoms with Gasteiger partial charge in [-0.2, -0.15) is 5.26 Å². The van der Waals surface area contributed by atoms with Crippen molar-refractivity contribution in [3.8, 4) is 17.6 Å². The first-order valence-corrected chi connectivity index (χ1v) is 10.9. The Kier molecular flexibility index (Phi) is 8.22. The van der Waals surface area contributed by atoms with Gasteiger partial charge in [0.15, 0.2) is 18.1 Å². The lowest BCUT2D eigenvalue weighted by atomic mass is 10.0. The molecule has 0 saturated heterocycles. The van der Waals surface area contributed by atoms with Gasteiger partial charge in [0.25, 0.3) is 5.91 Å². The Morgan fingerprint density at radius 1 is 1.12 bits per heavy atom. The smallest absolute Gasteiger partial charge is 0.262 e. The van der Waals surface area contributed by atoms with Gasteiger partial charge in [0, 0.05) is 11.3 Å². The van der Waals surface area contributed by atoms with Gasteiger partial charge in [0.2, 0.25) is 0 Å². The third-order valence-electron chi connectivity index (χ3n) is 4.33. The molecule has 3 rings (SSSR count). The summed E-state index contributed by atoms with van der Waals surface area (Å²) >= 11 is 2.08. The molecule has 0 fully saturated rings. The molecule has 0 aliphatic rings. The van der Waals surface area contributed by atoms with Crippen molar-refractivity contribution in [3.63, 3.8) is 0 Å². The number of nitriles is 1. The summed E-state index contributed by atoms with van der Waals surface area (Å²) in [6, 6.07) is 20.8. The number of halogens is 2. The van der Waals surface area contributed by atoms with Gasteiger partial charge in [0.1, 0.15) is 5.82 Å². The van der Waals surface area contributed by atoms with E-state index in [-0.39, 0.29) is 23.7 Å². The van der Waals surface area contributed by atoms with Crippen molar-refractivity contribution in [2.75, 3.05) is 18.5 Å². The zero-order valence-corrected chi connectivity index (χ0v) is 19.4. The van der Waals surface area contributed by atoms with E-state index in [4.69, 9.17) is 9.47 Å². The topological polar surface area (TPSA) is 71.3 Å². The number of rotatable bonds is 8. The number of allylic oxidation sites excluding steroid dienone is 1. The summed E-state index contributed by atoms with van der Waals surface area (Å²) in [7, 11) is 0. The summed E-state index contributed by atoms with van der Waals surface area (Å²) in [5.41, 5.74) is 1.75. The summed E-state index contributed by atoms with van der Waals surface area (Å²) in [6.07, 6.45) is 1.59. The van der Waals surface area contributed by atoms with E-state index in [1.54, 1.807) is 48.5 Å². The maximum Gasteiger partial charge on any atom is 0.262 e. The van der Waals surface area contributed by atoms with Gasteiger partial charge >= 0.3 is 0 Å². The highest BCUT2D eigenvalue weighted by Crippen LogP contribution is 2.35. The van der Waals surface area contributed by atoms with Crippen LogP contribution in [0.15, 0.2) is 66.7 Å². The number of ether oxygens (including phenoxy) is 2. The van der Waals surface area contributed by atoms with Crippen LogP contribution in [0.25, 0.3) is 11.6 Å². The number of amides is 1. The lowest BCUT2D eigenvalue weighted by Crippen LogP contribution is -2.20. The van der Waals surface area contributed by atoms with Gasteiger partial charge in [-0.05, 0) is 71.5 Å². The van der Waals surface area contributed by atoms with Crippen LogP contribution in [0.1, 0.15) is 18.1 Å². The standard InChI is InChI=1S/C25H20FIN2O3/c1-2-31-23-14-17(12-18(15-28)20-10-6-7-11-21(20)26)13-22(27)25(23)32-16-24(30)29-19-8-4-3-5-9-19/h3-14H,2,16H2,1H3,(H,29,30)/b18-12-. The molecule has 0 unspecified atom stereocenters. The quantitative estimate of drug-likeness (QED) is 0.218. The number of nitrogens with one attached hydrogen (secondary N) is 1. The van der Waals surface area contributed by atoms with Gasteiger partial charge in [-0.25, -0.2) is 4.39 Å². The molecular formula is C25H20FIN2O3. The molecule has 0 saturated carbocycles. The molecule has 1 N–H and O–H groups in total. The first-order valence-electron chi connectivity index (χ1n) is 9.82. The average Bonchev–Trinajstić information content (AvgIpc) is 2.78. The minimum Gasteiger partial charge on any atom is -0.490 e. The predicted octanol–water partition coefficient (Wildman–Crippen LogP) is 5.91. The fourth-order valence-corrected chi connectivity index (χ4v) is 3.73. The average molecular weight is 542 g/mol. The van der Waals surface area contributed by atoms with E-state index in [0.29, 0.717) is 32.9 Å². The third-order valence-corrected chi connectivity index (χ3v) is 5.13. The van der Waals surface area contributed by atoms with E-state index in [0.717, 1.165) is 0 Å². The molecule has 5 nitrogen and oxygen atoms in total. The minimum absolute atomic E-state index is 0.192. The zero-order chi connectivity index (χ0) is 22.9. The van der Waals surface area contributed by atoms with Gasteiger partial charge in [-0.15, -0.1) is 0 Å². The lowest BCUT2D eigenvalue weighted by Gasteiger charge is -2.15. The van der Waals surface area contributed by atoms with Crippen molar-refractivity contribution in [3.05, 3.63) is 87.2 Å². The SMILES string of the molecule is CCOc1cc(/C=C(/C#N)c2ccccc2F)cc(I)c1OCC(=O)Nc1ccccc1. The van der Waals surface area contributed by atoms with Gasteiger partial charge in [-0.1, -0.05) is 36.4 Å². The van der Waals surface area contributed by atoms with Crippen LogP contribution in [0.5, 0.6) is 11.5 Å². The third kappa shape index (κ3) is 6.08. The highest BCUT2D eigenvalue weighted by Gasteiger charge is 2.15. The van der Waals surface area contributed by atoms with Crippen LogP contribution in [0.3, 0.4) is 0 Å². The van der Waals surface area contributed by atoms with Crippen LogP contribution in [0, 0.1) is 20.7 Å². The largest absolute Gasteiger partial charge is 0.490 e. The van der Waals surface area contributed by atoms with Crippen LogP contribution in [0.2, 0.25) is 0 Å². The fraction of sp³-hybridized carbons (Fsp3) is 0.120. The van der Waals surface area contributed by atoms with Crippen molar-refractivity contribution in [1.82, 2.24) is 0 Å².